The molecule has 2 aromatic rings. The fourth-order valence-electron chi connectivity index (χ4n) is 1.65. The first-order chi connectivity index (χ1) is 9.52. The summed E-state index contributed by atoms with van der Waals surface area (Å²) in [6.45, 7) is 0. The van der Waals surface area contributed by atoms with E-state index in [-0.39, 0.29) is 22.7 Å². The second kappa shape index (κ2) is 5.54. The van der Waals surface area contributed by atoms with Gasteiger partial charge in [-0.25, -0.2) is 0 Å². The SMILES string of the molecule is Nc1ccc([N+](=O)[O-])c(Nc2ccc(Cl)cc2)c1N=O. The second-order valence-electron chi connectivity index (χ2n) is 3.88. The van der Waals surface area contributed by atoms with Crippen LogP contribution < -0.4 is 11.1 Å². The van der Waals surface area contributed by atoms with Gasteiger partial charge in [-0.2, -0.15) is 0 Å². The monoisotopic (exact) mass is 292 g/mol. The molecule has 7 nitrogen and oxygen atoms in total. The fourth-order valence-corrected chi connectivity index (χ4v) is 1.77. The summed E-state index contributed by atoms with van der Waals surface area (Å²) in [5, 5.41) is 17.1. The van der Waals surface area contributed by atoms with Crippen LogP contribution in [-0.4, -0.2) is 4.92 Å². The van der Waals surface area contributed by atoms with Crippen LogP contribution in [0.25, 0.3) is 0 Å². The van der Waals surface area contributed by atoms with Gasteiger partial charge in [-0.3, -0.25) is 10.1 Å². The minimum Gasteiger partial charge on any atom is -0.397 e. The third kappa shape index (κ3) is 2.67. The first-order valence-electron chi connectivity index (χ1n) is 5.45. The number of hydrogen-bond donors (Lipinski definition) is 2. The summed E-state index contributed by atoms with van der Waals surface area (Å²) < 4.78 is 0. The van der Waals surface area contributed by atoms with Crippen molar-refractivity contribution in [3.8, 4) is 0 Å². The molecule has 2 aromatic carbocycles. The Kier molecular flexibility index (Phi) is 3.81. The molecule has 0 aliphatic rings. The number of nitrogens with one attached hydrogen (secondary N) is 1. The smallest absolute Gasteiger partial charge is 0.295 e. The molecule has 0 amide bonds. The van der Waals surface area contributed by atoms with E-state index in [1.165, 1.54) is 12.1 Å². The maximum atomic E-state index is 11.0. The summed E-state index contributed by atoms with van der Waals surface area (Å²) in [7, 11) is 0. The summed E-state index contributed by atoms with van der Waals surface area (Å²) in [5.41, 5.74) is 5.64. The van der Waals surface area contributed by atoms with Crippen LogP contribution in [0.3, 0.4) is 0 Å². The van der Waals surface area contributed by atoms with Crippen LogP contribution in [0.1, 0.15) is 0 Å². The molecule has 0 fully saturated rings. The number of nitro groups is 1. The number of nitrogens with two attached hydrogens (primary N) is 1. The molecule has 102 valence electrons. The largest absolute Gasteiger partial charge is 0.397 e. The normalized spacial score (nSPS) is 10.1. The van der Waals surface area contributed by atoms with Gasteiger partial charge in [0.25, 0.3) is 5.69 Å². The molecule has 0 heterocycles. The number of nitro benzene ring substituents is 1. The van der Waals surface area contributed by atoms with E-state index in [2.05, 4.69) is 10.5 Å². The molecule has 0 unspecified atom stereocenters. The van der Waals surface area contributed by atoms with E-state index in [1.54, 1.807) is 24.3 Å². The van der Waals surface area contributed by atoms with Gasteiger partial charge < -0.3 is 11.1 Å². The highest BCUT2D eigenvalue weighted by Gasteiger charge is 2.21. The number of anilines is 3. The maximum absolute atomic E-state index is 11.0. The number of nitrogens with zero attached hydrogens (tertiary/aromatic N) is 2. The molecule has 0 aliphatic carbocycles. The van der Waals surface area contributed by atoms with Gasteiger partial charge in [0.05, 0.1) is 10.6 Å². The van der Waals surface area contributed by atoms with Crippen LogP contribution in [0, 0.1) is 15.0 Å². The first kappa shape index (κ1) is 13.8. The van der Waals surface area contributed by atoms with Crippen molar-refractivity contribution in [2.75, 3.05) is 11.1 Å². The molecular weight excluding hydrogens is 284 g/mol. The Morgan fingerprint density at radius 3 is 2.40 bits per heavy atom. The van der Waals surface area contributed by atoms with Gasteiger partial charge in [-0.15, -0.1) is 4.91 Å². The summed E-state index contributed by atoms with van der Waals surface area (Å²) in [6, 6.07) is 8.92. The minimum atomic E-state index is -0.619. The van der Waals surface area contributed by atoms with Gasteiger partial charge in [0.1, 0.15) is 5.69 Å². The number of hydrogen-bond acceptors (Lipinski definition) is 6. The molecule has 8 heteroatoms. The highest BCUT2D eigenvalue weighted by atomic mass is 35.5. The van der Waals surface area contributed by atoms with Crippen molar-refractivity contribution in [1.82, 2.24) is 0 Å². The zero-order valence-corrected chi connectivity index (χ0v) is 10.8. The maximum Gasteiger partial charge on any atom is 0.295 e. The Morgan fingerprint density at radius 1 is 1.20 bits per heavy atom. The lowest BCUT2D eigenvalue weighted by Crippen LogP contribution is -1.99. The van der Waals surface area contributed by atoms with E-state index >= 15 is 0 Å². The Balaban J connectivity index is 2.53. The number of halogens is 1. The Hall–Kier alpha value is -2.67. The highest BCUT2D eigenvalue weighted by molar-refractivity contribution is 6.30. The predicted octanol–water partition coefficient (Wildman–Crippen LogP) is 3.97. The molecule has 3 N–H and O–H groups in total. The van der Waals surface area contributed by atoms with Crippen molar-refractivity contribution in [3.63, 3.8) is 0 Å². The lowest BCUT2D eigenvalue weighted by Gasteiger charge is -2.10. The van der Waals surface area contributed by atoms with Gasteiger partial charge in [0, 0.05) is 16.8 Å². The van der Waals surface area contributed by atoms with Crippen LogP contribution >= 0.6 is 11.6 Å². The quantitative estimate of drug-likeness (QED) is 0.383. The van der Waals surface area contributed by atoms with Crippen LogP contribution in [-0.2, 0) is 0 Å². The van der Waals surface area contributed by atoms with Gasteiger partial charge in [-0.05, 0) is 35.5 Å². The molecule has 0 radical (unpaired) electrons. The van der Waals surface area contributed by atoms with Crippen LogP contribution in [0.2, 0.25) is 5.02 Å². The van der Waals surface area contributed by atoms with Crippen molar-refractivity contribution in [3.05, 3.63) is 56.4 Å². The van der Waals surface area contributed by atoms with Crippen molar-refractivity contribution in [2.45, 2.75) is 0 Å². The van der Waals surface area contributed by atoms with Crippen LogP contribution in [0.15, 0.2) is 41.6 Å². The highest BCUT2D eigenvalue weighted by Crippen LogP contribution is 2.40. The van der Waals surface area contributed by atoms with Crippen LogP contribution in [0.4, 0.5) is 28.4 Å². The molecule has 0 aromatic heterocycles. The molecule has 0 spiro atoms. The average molecular weight is 293 g/mol. The molecule has 2 rings (SSSR count). The summed E-state index contributed by atoms with van der Waals surface area (Å²) in [4.78, 5) is 21.2. The predicted molar refractivity (Wildman–Crippen MR) is 77.7 cm³/mol. The van der Waals surface area contributed by atoms with Crippen molar-refractivity contribution < 1.29 is 4.92 Å². The van der Waals surface area contributed by atoms with E-state index in [9.17, 15) is 15.0 Å². The minimum absolute atomic E-state index is 0.0488. The Morgan fingerprint density at radius 2 is 1.85 bits per heavy atom. The first-order valence-corrected chi connectivity index (χ1v) is 5.83. The van der Waals surface area contributed by atoms with Crippen molar-refractivity contribution in [2.24, 2.45) is 5.18 Å². The van der Waals surface area contributed by atoms with E-state index in [4.69, 9.17) is 17.3 Å². The lowest BCUT2D eigenvalue weighted by molar-refractivity contribution is -0.383. The van der Waals surface area contributed by atoms with Gasteiger partial charge in [0.2, 0.25) is 0 Å². The molecule has 0 bridgehead atoms. The lowest BCUT2D eigenvalue weighted by atomic mass is 10.2. The fraction of sp³-hybridized carbons (Fsp3) is 0. The summed E-state index contributed by atoms with van der Waals surface area (Å²) in [5.74, 6) is 0. The van der Waals surface area contributed by atoms with Crippen LogP contribution in [0.5, 0.6) is 0 Å². The van der Waals surface area contributed by atoms with E-state index < -0.39 is 4.92 Å². The van der Waals surface area contributed by atoms with Gasteiger partial charge in [0.15, 0.2) is 5.69 Å². The number of rotatable bonds is 4. The molecule has 20 heavy (non-hydrogen) atoms. The zero-order chi connectivity index (χ0) is 14.7. The second-order valence-corrected chi connectivity index (χ2v) is 4.31. The molecule has 0 atom stereocenters. The summed E-state index contributed by atoms with van der Waals surface area (Å²) >= 11 is 5.76. The molecule has 0 aliphatic heterocycles. The number of benzene rings is 2. The van der Waals surface area contributed by atoms with Crippen molar-refractivity contribution in [1.29, 1.82) is 0 Å². The zero-order valence-electron chi connectivity index (χ0n) is 10.0. The third-order valence-electron chi connectivity index (χ3n) is 2.59. The Labute approximate surface area is 118 Å². The molecule has 0 saturated carbocycles. The van der Waals surface area contributed by atoms with E-state index in [0.717, 1.165) is 0 Å². The molecular formula is C12H9ClN4O3. The topological polar surface area (TPSA) is 111 Å². The van der Waals surface area contributed by atoms with Gasteiger partial charge in [-0.1, -0.05) is 11.6 Å². The van der Waals surface area contributed by atoms with E-state index in [0.29, 0.717) is 10.7 Å². The van der Waals surface area contributed by atoms with Gasteiger partial charge >= 0.3 is 0 Å². The standard InChI is InChI=1S/C12H9ClN4O3/c13-7-1-3-8(4-2-7)15-12-10(17(19)20)6-5-9(14)11(12)16-18/h1-6,15H,14H2. The average Bonchev–Trinajstić information content (AvgIpc) is 2.41. The molecule has 0 saturated heterocycles. The van der Waals surface area contributed by atoms with E-state index in [1.807, 2.05) is 0 Å². The summed E-state index contributed by atoms with van der Waals surface area (Å²) in [6.07, 6.45) is 0. The third-order valence-corrected chi connectivity index (χ3v) is 2.84. The van der Waals surface area contributed by atoms with Crippen molar-refractivity contribution >= 4 is 40.0 Å². The number of nitrogen functional groups attached to an aromatic ring is 1. The Bertz CT molecular complexity index is 673. The number of nitroso groups, excluding NO2 is 1.